The summed E-state index contributed by atoms with van der Waals surface area (Å²) >= 11 is 0. The number of Topliss-reactive ketones (excluding diaryl/α,β-unsaturated/α-hetero) is 1. The van der Waals surface area contributed by atoms with Gasteiger partial charge in [-0.3, -0.25) is 4.79 Å². The molecular weight excluding hydrogens is 514 g/mol. The van der Waals surface area contributed by atoms with E-state index in [1.807, 2.05) is 6.92 Å². The largest absolute Gasteiger partial charge is 0.494 e. The van der Waals surface area contributed by atoms with Crippen LogP contribution in [-0.4, -0.2) is 49.8 Å². The highest BCUT2D eigenvalue weighted by molar-refractivity contribution is 6.61. The van der Waals surface area contributed by atoms with Crippen molar-refractivity contribution >= 4 is 24.3 Å². The Balaban J connectivity index is 1.47. The van der Waals surface area contributed by atoms with Gasteiger partial charge in [-0.2, -0.15) is 0 Å². The Morgan fingerprint density at radius 1 is 1.27 bits per heavy atom. The Kier molecular flexibility index (Phi) is 7.61. The van der Waals surface area contributed by atoms with Crippen molar-refractivity contribution < 1.29 is 37.9 Å². The molecule has 40 heavy (non-hydrogen) atoms. The number of methoxy groups -OCH3 is 1. The van der Waals surface area contributed by atoms with Gasteiger partial charge in [0, 0.05) is 41.7 Å². The molecule has 2 bridgehead atoms. The molecule has 7 nitrogen and oxygen atoms in total. The van der Waals surface area contributed by atoms with Gasteiger partial charge in [-0.05, 0) is 55.1 Å². The number of ether oxygens (including phenoxy) is 3. The number of hydrogen-bond donors (Lipinski definition) is 1. The van der Waals surface area contributed by atoms with Gasteiger partial charge in [0.2, 0.25) is 0 Å². The Morgan fingerprint density at radius 2 is 2.00 bits per heavy atom. The van der Waals surface area contributed by atoms with E-state index in [9.17, 15) is 14.6 Å². The first-order valence-corrected chi connectivity index (χ1v) is 14.4. The van der Waals surface area contributed by atoms with Crippen LogP contribution in [0.4, 0.5) is 4.39 Å². The summed E-state index contributed by atoms with van der Waals surface area (Å²) in [5.74, 6) is 1.31. The van der Waals surface area contributed by atoms with Crippen LogP contribution in [0.1, 0.15) is 71.8 Å². The number of fused-ring (bicyclic) bond motifs is 1. The molecule has 0 spiro atoms. The Bertz CT molecular complexity index is 1230. The molecule has 0 unspecified atom stereocenters. The van der Waals surface area contributed by atoms with Crippen LogP contribution in [0, 0.1) is 52.2 Å². The number of carbonyl (C=O) groups excluding carboxylic acids is 2. The van der Waals surface area contributed by atoms with Crippen molar-refractivity contribution in [3.63, 3.8) is 0 Å². The van der Waals surface area contributed by atoms with E-state index >= 15 is 4.39 Å². The average Bonchev–Trinajstić information content (AvgIpc) is 3.51. The maximum absolute atomic E-state index is 15.0. The average molecular weight is 554 g/mol. The van der Waals surface area contributed by atoms with E-state index in [1.54, 1.807) is 13.2 Å². The molecule has 0 saturated heterocycles. The number of hydrogen-bond acceptors (Lipinski definition) is 7. The lowest BCUT2D eigenvalue weighted by Gasteiger charge is -2.61. The quantitative estimate of drug-likeness (QED) is 0.325. The molecule has 5 rings (SSSR count). The van der Waals surface area contributed by atoms with Crippen LogP contribution in [0.15, 0.2) is 12.1 Å². The fourth-order valence-electron chi connectivity index (χ4n) is 8.75. The molecular formula is C31H40BFO7. The minimum atomic E-state index is -1.37. The van der Waals surface area contributed by atoms with Gasteiger partial charge >= 0.3 is 13.1 Å². The molecule has 0 amide bonds. The van der Waals surface area contributed by atoms with Gasteiger partial charge in [0.05, 0.1) is 12.7 Å². The van der Waals surface area contributed by atoms with E-state index in [0.717, 1.165) is 25.7 Å². The minimum absolute atomic E-state index is 0.0234. The van der Waals surface area contributed by atoms with Crippen molar-refractivity contribution in [3.8, 4) is 18.1 Å². The molecule has 3 fully saturated rings. The first kappa shape index (κ1) is 29.1. The molecule has 1 aromatic carbocycles. The van der Waals surface area contributed by atoms with Crippen LogP contribution in [0.25, 0.3) is 0 Å². The predicted octanol–water partition coefficient (Wildman–Crippen LogP) is 3.82. The molecule has 8 atom stereocenters. The van der Waals surface area contributed by atoms with E-state index in [2.05, 4.69) is 26.7 Å². The normalized spacial score (nSPS) is 38.6. The number of rotatable bonds is 6. The van der Waals surface area contributed by atoms with Gasteiger partial charge in [0.1, 0.15) is 11.9 Å². The summed E-state index contributed by atoms with van der Waals surface area (Å²) < 4.78 is 38.0. The minimum Gasteiger partial charge on any atom is -0.479 e. The summed E-state index contributed by atoms with van der Waals surface area (Å²) in [6.45, 7) is 7.94. The van der Waals surface area contributed by atoms with Crippen LogP contribution in [-0.2, 0) is 30.3 Å². The topological polar surface area (TPSA) is 91.3 Å². The SMILES string of the molecule is C#CC[C@]1(C)C[C@@H](OC(=O)COc2ccc3c(c2F)B(O)OC3)[C@]2(C)[C@@H](C)CC[C@]3(CC[C@@H](OC)[C@@H]32)[C@@H](C)C1=O. The van der Waals surface area contributed by atoms with Crippen molar-refractivity contribution in [2.24, 2.45) is 34.0 Å². The molecule has 0 aromatic heterocycles. The van der Waals surface area contributed by atoms with Crippen molar-refractivity contribution in [1.29, 1.82) is 0 Å². The monoisotopic (exact) mass is 554 g/mol. The smallest absolute Gasteiger partial charge is 0.479 e. The number of halogens is 1. The summed E-state index contributed by atoms with van der Waals surface area (Å²) in [4.78, 5) is 27.5. The van der Waals surface area contributed by atoms with E-state index in [1.165, 1.54) is 6.07 Å². The molecule has 1 heterocycles. The summed E-state index contributed by atoms with van der Waals surface area (Å²) in [7, 11) is 0.353. The maximum atomic E-state index is 15.0. The Morgan fingerprint density at radius 3 is 2.70 bits per heavy atom. The fourth-order valence-corrected chi connectivity index (χ4v) is 8.75. The third-order valence-corrected chi connectivity index (χ3v) is 11.1. The van der Waals surface area contributed by atoms with E-state index in [-0.39, 0.29) is 59.3 Å². The Hall–Kier alpha value is -2.41. The molecule has 3 aliphatic carbocycles. The zero-order valence-electron chi connectivity index (χ0n) is 24.1. The summed E-state index contributed by atoms with van der Waals surface area (Å²) in [6, 6.07) is 3.03. The molecule has 4 aliphatic rings. The highest BCUT2D eigenvalue weighted by Gasteiger charge is 2.68. The van der Waals surface area contributed by atoms with Crippen LogP contribution in [0.2, 0.25) is 0 Å². The second-order valence-electron chi connectivity index (χ2n) is 12.9. The zero-order chi connectivity index (χ0) is 29.0. The van der Waals surface area contributed by atoms with Crippen molar-refractivity contribution in [3.05, 3.63) is 23.5 Å². The third-order valence-electron chi connectivity index (χ3n) is 11.1. The third kappa shape index (κ3) is 4.29. The van der Waals surface area contributed by atoms with Crippen LogP contribution in [0.3, 0.4) is 0 Å². The summed E-state index contributed by atoms with van der Waals surface area (Å²) in [5.41, 5.74) is -1.03. The second kappa shape index (κ2) is 10.5. The summed E-state index contributed by atoms with van der Waals surface area (Å²) in [6.07, 6.45) is 9.24. The zero-order valence-corrected chi connectivity index (χ0v) is 24.1. The highest BCUT2D eigenvalue weighted by atomic mass is 19.1. The van der Waals surface area contributed by atoms with E-state index in [4.69, 9.17) is 25.3 Å². The van der Waals surface area contributed by atoms with Crippen molar-refractivity contribution in [2.45, 2.75) is 85.0 Å². The van der Waals surface area contributed by atoms with E-state index < -0.39 is 42.4 Å². The van der Waals surface area contributed by atoms with Gasteiger partial charge in [-0.15, -0.1) is 12.3 Å². The molecule has 0 radical (unpaired) electrons. The first-order valence-electron chi connectivity index (χ1n) is 14.4. The lowest BCUT2D eigenvalue weighted by Crippen LogP contribution is -2.63. The number of carbonyl (C=O) groups is 2. The molecule has 1 aromatic rings. The Labute approximate surface area is 236 Å². The van der Waals surface area contributed by atoms with Crippen molar-refractivity contribution in [1.82, 2.24) is 0 Å². The highest BCUT2D eigenvalue weighted by Crippen LogP contribution is 2.68. The van der Waals surface area contributed by atoms with Crippen molar-refractivity contribution in [2.75, 3.05) is 13.7 Å². The number of terminal acetylenes is 1. The molecule has 3 saturated carbocycles. The fraction of sp³-hybridized carbons (Fsp3) is 0.677. The van der Waals surface area contributed by atoms with Gasteiger partial charge in [0.15, 0.2) is 18.2 Å². The van der Waals surface area contributed by atoms with Crippen LogP contribution < -0.4 is 10.2 Å². The lowest BCUT2D eigenvalue weighted by molar-refractivity contribution is -0.207. The molecule has 216 valence electrons. The molecule has 1 aliphatic heterocycles. The first-order chi connectivity index (χ1) is 18.9. The second-order valence-corrected chi connectivity index (χ2v) is 12.9. The van der Waals surface area contributed by atoms with Gasteiger partial charge in [-0.1, -0.05) is 33.8 Å². The number of ketones is 1. The van der Waals surface area contributed by atoms with Crippen LogP contribution in [0.5, 0.6) is 5.75 Å². The van der Waals surface area contributed by atoms with E-state index in [0.29, 0.717) is 12.0 Å². The predicted molar refractivity (Wildman–Crippen MR) is 147 cm³/mol. The van der Waals surface area contributed by atoms with Gasteiger partial charge in [-0.25, -0.2) is 9.18 Å². The lowest BCUT2D eigenvalue weighted by atomic mass is 9.44. The molecule has 9 heteroatoms. The van der Waals surface area contributed by atoms with Crippen LogP contribution >= 0.6 is 0 Å². The summed E-state index contributed by atoms with van der Waals surface area (Å²) in [5, 5.41) is 9.95. The number of esters is 1. The number of benzene rings is 1. The maximum Gasteiger partial charge on any atom is 0.494 e. The van der Waals surface area contributed by atoms with Gasteiger partial charge in [0.25, 0.3) is 0 Å². The standard InChI is InChI=1S/C31H40BFO7/c1-7-12-29(4)15-23(40-24(34)17-38-21-9-8-20-16-39-32(36)25(20)26(21)33)30(5)18(2)10-13-31(19(3)28(29)35)14-11-22(37-6)27(30)31/h1,8-9,18-19,22-23,27,36H,10-17H2,2-6H3/t18-,19-,22+,23+,27+,29+,30-,31-/m0/s1. The van der Waals surface area contributed by atoms with Gasteiger partial charge < -0.3 is 23.9 Å². The molecule has 1 N–H and O–H groups in total.